The lowest BCUT2D eigenvalue weighted by Crippen LogP contribution is -2.11. The standard InChI is InChI=1S/C26H19ClN4O2/c27-20-10-13-22(14-11-20)31-29-24-15-12-21(16-25(24)30-31)28-26(32)19-8-6-18(7-9-19)17-33-23-4-2-1-3-5-23/h1-16H,17H2,(H,28,32). The first kappa shape index (κ1) is 20.7. The van der Waals surface area contributed by atoms with E-state index in [1.807, 2.05) is 66.7 Å². The molecule has 0 spiro atoms. The van der Waals surface area contributed by atoms with Crippen LogP contribution in [-0.4, -0.2) is 20.9 Å². The second kappa shape index (κ2) is 9.14. The summed E-state index contributed by atoms with van der Waals surface area (Å²) in [5, 5.41) is 12.6. The van der Waals surface area contributed by atoms with E-state index in [1.165, 1.54) is 0 Å². The van der Waals surface area contributed by atoms with Crippen molar-refractivity contribution in [2.45, 2.75) is 6.61 Å². The predicted molar refractivity (Wildman–Crippen MR) is 129 cm³/mol. The molecule has 0 saturated carbocycles. The van der Waals surface area contributed by atoms with Crippen LogP contribution in [0.4, 0.5) is 5.69 Å². The van der Waals surface area contributed by atoms with Gasteiger partial charge in [0, 0.05) is 16.3 Å². The second-order valence-electron chi connectivity index (χ2n) is 7.42. The third kappa shape index (κ3) is 4.86. The van der Waals surface area contributed by atoms with Crippen molar-refractivity contribution < 1.29 is 9.53 Å². The van der Waals surface area contributed by atoms with Crippen LogP contribution in [0.25, 0.3) is 16.7 Å². The molecule has 0 unspecified atom stereocenters. The first-order valence-corrected chi connectivity index (χ1v) is 10.7. The fraction of sp³-hybridized carbons (Fsp3) is 0.0385. The molecule has 1 N–H and O–H groups in total. The molecule has 7 heteroatoms. The van der Waals surface area contributed by atoms with Crippen LogP contribution in [0, 0.1) is 0 Å². The summed E-state index contributed by atoms with van der Waals surface area (Å²) >= 11 is 5.95. The van der Waals surface area contributed by atoms with Crippen LogP contribution >= 0.6 is 11.6 Å². The highest BCUT2D eigenvalue weighted by molar-refractivity contribution is 6.30. The van der Waals surface area contributed by atoms with Gasteiger partial charge in [-0.2, -0.15) is 4.80 Å². The number of amides is 1. The van der Waals surface area contributed by atoms with E-state index in [-0.39, 0.29) is 5.91 Å². The Morgan fingerprint density at radius 3 is 2.33 bits per heavy atom. The van der Waals surface area contributed by atoms with Gasteiger partial charge in [-0.25, -0.2) is 0 Å². The number of ether oxygens (including phenoxy) is 1. The molecule has 0 aliphatic carbocycles. The first-order chi connectivity index (χ1) is 16.1. The molecule has 0 atom stereocenters. The molecule has 0 bridgehead atoms. The van der Waals surface area contributed by atoms with Crippen molar-refractivity contribution in [3.63, 3.8) is 0 Å². The molecule has 4 aromatic carbocycles. The molecule has 33 heavy (non-hydrogen) atoms. The zero-order valence-corrected chi connectivity index (χ0v) is 18.2. The highest BCUT2D eigenvalue weighted by Gasteiger charge is 2.10. The highest BCUT2D eigenvalue weighted by atomic mass is 35.5. The SMILES string of the molecule is O=C(Nc1ccc2nn(-c3ccc(Cl)cc3)nc2c1)c1ccc(COc2ccccc2)cc1. The normalized spacial score (nSPS) is 10.8. The van der Waals surface area contributed by atoms with Crippen molar-refractivity contribution in [3.05, 3.63) is 113 Å². The Morgan fingerprint density at radius 1 is 0.848 bits per heavy atom. The van der Waals surface area contributed by atoms with Gasteiger partial charge in [0.15, 0.2) is 0 Å². The number of halogens is 1. The van der Waals surface area contributed by atoms with Crippen LogP contribution < -0.4 is 10.1 Å². The Hall–Kier alpha value is -4.16. The molecule has 0 saturated heterocycles. The van der Waals surface area contributed by atoms with Crippen LogP contribution in [0.1, 0.15) is 15.9 Å². The summed E-state index contributed by atoms with van der Waals surface area (Å²) in [5.41, 5.74) is 4.39. The summed E-state index contributed by atoms with van der Waals surface area (Å²) in [6, 6.07) is 29.7. The molecule has 0 aliphatic rings. The summed E-state index contributed by atoms with van der Waals surface area (Å²) < 4.78 is 5.75. The summed E-state index contributed by atoms with van der Waals surface area (Å²) in [6.45, 7) is 0.436. The van der Waals surface area contributed by atoms with Crippen molar-refractivity contribution >= 4 is 34.2 Å². The maximum atomic E-state index is 12.7. The van der Waals surface area contributed by atoms with Gasteiger partial charge in [0.2, 0.25) is 0 Å². The van der Waals surface area contributed by atoms with Crippen LogP contribution in [0.5, 0.6) is 5.75 Å². The average molecular weight is 455 g/mol. The van der Waals surface area contributed by atoms with Crippen molar-refractivity contribution in [2.75, 3.05) is 5.32 Å². The number of rotatable bonds is 6. The number of anilines is 1. The molecular formula is C26H19ClN4O2. The number of aromatic nitrogens is 3. The molecule has 0 radical (unpaired) electrons. The molecule has 1 heterocycles. The van der Waals surface area contributed by atoms with Crippen LogP contribution in [0.2, 0.25) is 5.02 Å². The molecule has 5 rings (SSSR count). The van der Waals surface area contributed by atoms with Gasteiger partial charge in [0.1, 0.15) is 23.4 Å². The van der Waals surface area contributed by atoms with E-state index in [9.17, 15) is 4.79 Å². The van der Waals surface area contributed by atoms with Gasteiger partial charge >= 0.3 is 0 Å². The van der Waals surface area contributed by atoms with Gasteiger partial charge in [0.05, 0.1) is 5.69 Å². The topological polar surface area (TPSA) is 69.0 Å². The smallest absolute Gasteiger partial charge is 0.255 e. The predicted octanol–water partition coefficient (Wildman–Crippen LogP) is 5.91. The lowest BCUT2D eigenvalue weighted by atomic mass is 10.1. The van der Waals surface area contributed by atoms with E-state index in [2.05, 4.69) is 15.5 Å². The van der Waals surface area contributed by atoms with Gasteiger partial charge in [-0.3, -0.25) is 4.79 Å². The summed E-state index contributed by atoms with van der Waals surface area (Å²) in [7, 11) is 0. The third-order valence-corrected chi connectivity index (χ3v) is 5.31. The average Bonchev–Trinajstić information content (AvgIpc) is 3.27. The quantitative estimate of drug-likeness (QED) is 0.346. The minimum absolute atomic E-state index is 0.199. The number of nitrogens with zero attached hydrogens (tertiary/aromatic N) is 3. The lowest BCUT2D eigenvalue weighted by Gasteiger charge is -2.08. The Balaban J connectivity index is 1.26. The van der Waals surface area contributed by atoms with Gasteiger partial charge < -0.3 is 10.1 Å². The maximum Gasteiger partial charge on any atom is 0.255 e. The third-order valence-electron chi connectivity index (χ3n) is 5.06. The number of fused-ring (bicyclic) bond motifs is 1. The summed E-state index contributed by atoms with van der Waals surface area (Å²) in [5.74, 6) is 0.609. The number of benzene rings is 4. The molecule has 0 aliphatic heterocycles. The largest absolute Gasteiger partial charge is 0.489 e. The lowest BCUT2D eigenvalue weighted by molar-refractivity contribution is 0.102. The monoisotopic (exact) mass is 454 g/mol. The first-order valence-electron chi connectivity index (χ1n) is 10.4. The molecule has 5 aromatic rings. The van der Waals surface area contributed by atoms with Crippen molar-refractivity contribution in [2.24, 2.45) is 0 Å². The maximum absolute atomic E-state index is 12.7. The van der Waals surface area contributed by atoms with E-state index in [1.54, 1.807) is 35.1 Å². The zero-order valence-electron chi connectivity index (χ0n) is 17.5. The molecule has 6 nitrogen and oxygen atoms in total. The highest BCUT2D eigenvalue weighted by Crippen LogP contribution is 2.20. The molecular weight excluding hydrogens is 436 g/mol. The summed E-state index contributed by atoms with van der Waals surface area (Å²) in [4.78, 5) is 14.2. The van der Waals surface area contributed by atoms with E-state index in [4.69, 9.17) is 16.3 Å². The van der Waals surface area contributed by atoms with Gasteiger partial charge in [-0.05, 0) is 72.3 Å². The number of hydrogen-bond donors (Lipinski definition) is 1. The molecule has 1 amide bonds. The van der Waals surface area contributed by atoms with E-state index >= 15 is 0 Å². The van der Waals surface area contributed by atoms with Gasteiger partial charge in [-0.15, -0.1) is 10.2 Å². The molecule has 0 fully saturated rings. The van der Waals surface area contributed by atoms with E-state index in [0.29, 0.717) is 28.4 Å². The zero-order chi connectivity index (χ0) is 22.6. The van der Waals surface area contributed by atoms with Gasteiger partial charge in [0.25, 0.3) is 5.91 Å². The van der Waals surface area contributed by atoms with E-state index in [0.717, 1.165) is 22.5 Å². The van der Waals surface area contributed by atoms with Crippen LogP contribution in [0.3, 0.4) is 0 Å². The number of carbonyl (C=O) groups excluding carboxylic acids is 1. The van der Waals surface area contributed by atoms with Crippen LogP contribution in [0.15, 0.2) is 97.1 Å². The molecule has 1 aromatic heterocycles. The molecule has 162 valence electrons. The fourth-order valence-electron chi connectivity index (χ4n) is 3.32. The van der Waals surface area contributed by atoms with E-state index < -0.39 is 0 Å². The minimum atomic E-state index is -0.199. The van der Waals surface area contributed by atoms with Crippen molar-refractivity contribution in [3.8, 4) is 11.4 Å². The Kier molecular flexibility index (Phi) is 5.74. The number of hydrogen-bond acceptors (Lipinski definition) is 4. The van der Waals surface area contributed by atoms with Gasteiger partial charge in [-0.1, -0.05) is 41.9 Å². The van der Waals surface area contributed by atoms with Crippen LogP contribution in [-0.2, 0) is 6.61 Å². The minimum Gasteiger partial charge on any atom is -0.489 e. The Bertz CT molecular complexity index is 1400. The number of carbonyl (C=O) groups is 1. The van der Waals surface area contributed by atoms with Crippen molar-refractivity contribution in [1.29, 1.82) is 0 Å². The second-order valence-corrected chi connectivity index (χ2v) is 7.86. The Labute approximate surface area is 195 Å². The van der Waals surface area contributed by atoms with Crippen molar-refractivity contribution in [1.82, 2.24) is 15.0 Å². The number of para-hydroxylation sites is 1. The Morgan fingerprint density at radius 2 is 1.58 bits per heavy atom. The number of nitrogens with one attached hydrogen (secondary N) is 1. The fourth-order valence-corrected chi connectivity index (χ4v) is 3.45. The summed E-state index contributed by atoms with van der Waals surface area (Å²) in [6.07, 6.45) is 0.